The van der Waals surface area contributed by atoms with E-state index in [1.54, 1.807) is 13.2 Å². The number of aromatic nitrogens is 2. The lowest BCUT2D eigenvalue weighted by atomic mass is 10.4. The van der Waals surface area contributed by atoms with Gasteiger partial charge in [-0.15, -0.1) is 0 Å². The molecule has 6 heteroatoms. The molecule has 0 fully saturated rings. The van der Waals surface area contributed by atoms with E-state index >= 15 is 0 Å². The Bertz CT molecular complexity index is 315. The van der Waals surface area contributed by atoms with Crippen LogP contribution in [0.2, 0.25) is 0 Å². The fourth-order valence-corrected chi connectivity index (χ4v) is 1.20. The minimum atomic E-state index is 0.456. The second-order valence-corrected chi connectivity index (χ2v) is 3.48. The van der Waals surface area contributed by atoms with E-state index in [-0.39, 0.29) is 0 Å². The number of hydrogen-bond acceptors (Lipinski definition) is 6. The molecule has 1 aromatic rings. The van der Waals surface area contributed by atoms with Crippen molar-refractivity contribution >= 4 is 5.82 Å². The quantitative estimate of drug-likeness (QED) is 0.526. The SMILES string of the molecule is COCc1cc(NN)nc(CN(C)C)n1. The second-order valence-electron chi connectivity index (χ2n) is 3.48. The van der Waals surface area contributed by atoms with Gasteiger partial charge in [0.05, 0.1) is 18.8 Å². The highest BCUT2D eigenvalue weighted by Crippen LogP contribution is 2.07. The average molecular weight is 211 g/mol. The van der Waals surface area contributed by atoms with E-state index < -0.39 is 0 Å². The third kappa shape index (κ3) is 3.78. The average Bonchev–Trinajstić information content (AvgIpc) is 2.16. The molecule has 0 unspecified atom stereocenters. The van der Waals surface area contributed by atoms with Crippen molar-refractivity contribution in [1.29, 1.82) is 0 Å². The van der Waals surface area contributed by atoms with E-state index in [9.17, 15) is 0 Å². The monoisotopic (exact) mass is 211 g/mol. The lowest BCUT2D eigenvalue weighted by Crippen LogP contribution is -2.17. The molecule has 3 N–H and O–H groups in total. The Morgan fingerprint density at radius 2 is 2.20 bits per heavy atom. The molecule has 0 saturated carbocycles. The van der Waals surface area contributed by atoms with Crippen molar-refractivity contribution in [3.63, 3.8) is 0 Å². The molecule has 0 aromatic carbocycles. The smallest absolute Gasteiger partial charge is 0.145 e. The molecular formula is C9H17N5O. The summed E-state index contributed by atoms with van der Waals surface area (Å²) in [6.45, 7) is 1.13. The Hall–Kier alpha value is -1.24. The molecule has 0 radical (unpaired) electrons. The highest BCUT2D eigenvalue weighted by atomic mass is 16.5. The van der Waals surface area contributed by atoms with Crippen molar-refractivity contribution in [1.82, 2.24) is 14.9 Å². The van der Waals surface area contributed by atoms with Crippen LogP contribution < -0.4 is 11.3 Å². The maximum absolute atomic E-state index is 5.32. The zero-order valence-electron chi connectivity index (χ0n) is 9.32. The lowest BCUT2D eigenvalue weighted by Gasteiger charge is -2.10. The van der Waals surface area contributed by atoms with Gasteiger partial charge in [-0.2, -0.15) is 0 Å². The summed E-state index contributed by atoms with van der Waals surface area (Å²) in [4.78, 5) is 10.6. The molecule has 1 heterocycles. The predicted octanol–water partition coefficient (Wildman–Crippen LogP) is -0.0298. The minimum absolute atomic E-state index is 0.456. The highest BCUT2D eigenvalue weighted by molar-refractivity contribution is 5.34. The van der Waals surface area contributed by atoms with Crippen molar-refractivity contribution in [2.75, 3.05) is 26.6 Å². The van der Waals surface area contributed by atoms with Gasteiger partial charge in [-0.05, 0) is 14.1 Å². The number of hydrazine groups is 1. The highest BCUT2D eigenvalue weighted by Gasteiger charge is 2.04. The summed E-state index contributed by atoms with van der Waals surface area (Å²) in [5.41, 5.74) is 3.33. The first kappa shape index (κ1) is 11.8. The normalized spacial score (nSPS) is 10.7. The van der Waals surface area contributed by atoms with Crippen LogP contribution >= 0.6 is 0 Å². The van der Waals surface area contributed by atoms with Gasteiger partial charge in [0.1, 0.15) is 11.6 Å². The largest absolute Gasteiger partial charge is 0.378 e. The minimum Gasteiger partial charge on any atom is -0.378 e. The molecule has 6 nitrogen and oxygen atoms in total. The second kappa shape index (κ2) is 5.59. The third-order valence-corrected chi connectivity index (χ3v) is 1.72. The first-order valence-corrected chi connectivity index (χ1v) is 4.63. The van der Waals surface area contributed by atoms with Gasteiger partial charge < -0.3 is 15.1 Å². The molecular weight excluding hydrogens is 194 g/mol. The maximum Gasteiger partial charge on any atom is 0.145 e. The number of ether oxygens (including phenoxy) is 1. The van der Waals surface area contributed by atoms with Crippen LogP contribution in [0.4, 0.5) is 5.82 Å². The van der Waals surface area contributed by atoms with Crippen LogP contribution in [-0.4, -0.2) is 36.1 Å². The van der Waals surface area contributed by atoms with E-state index in [0.717, 1.165) is 11.5 Å². The summed E-state index contributed by atoms with van der Waals surface area (Å²) in [5.74, 6) is 6.65. The fraction of sp³-hybridized carbons (Fsp3) is 0.556. The lowest BCUT2D eigenvalue weighted by molar-refractivity contribution is 0.181. The number of nitrogens with two attached hydrogens (primary N) is 1. The summed E-state index contributed by atoms with van der Waals surface area (Å²) >= 11 is 0. The van der Waals surface area contributed by atoms with Gasteiger partial charge in [-0.1, -0.05) is 0 Å². The molecule has 84 valence electrons. The summed E-state index contributed by atoms with van der Waals surface area (Å²) in [6, 6.07) is 1.77. The van der Waals surface area contributed by atoms with Crippen molar-refractivity contribution in [3.8, 4) is 0 Å². The molecule has 0 atom stereocenters. The molecule has 0 spiro atoms. The van der Waals surface area contributed by atoms with E-state index in [0.29, 0.717) is 19.0 Å². The topological polar surface area (TPSA) is 76.3 Å². The Labute approximate surface area is 89.4 Å². The van der Waals surface area contributed by atoms with Gasteiger partial charge in [0.15, 0.2) is 0 Å². The van der Waals surface area contributed by atoms with Gasteiger partial charge in [0.25, 0.3) is 0 Å². The third-order valence-electron chi connectivity index (χ3n) is 1.72. The standard InChI is InChI=1S/C9H17N5O/c1-14(2)5-9-11-7(6-15-3)4-8(12-9)13-10/h4H,5-6,10H2,1-3H3,(H,11,12,13). The first-order chi connectivity index (χ1) is 7.15. The van der Waals surface area contributed by atoms with Crippen LogP contribution in [0.25, 0.3) is 0 Å². The molecule has 0 aliphatic carbocycles. The summed E-state index contributed by atoms with van der Waals surface area (Å²) < 4.78 is 5.01. The van der Waals surface area contributed by atoms with Crippen LogP contribution in [-0.2, 0) is 17.9 Å². The van der Waals surface area contributed by atoms with Crippen molar-refractivity contribution in [2.24, 2.45) is 5.84 Å². The van der Waals surface area contributed by atoms with E-state index in [1.165, 1.54) is 0 Å². The van der Waals surface area contributed by atoms with Crippen LogP contribution in [0.3, 0.4) is 0 Å². The van der Waals surface area contributed by atoms with Gasteiger partial charge >= 0.3 is 0 Å². The maximum atomic E-state index is 5.32. The van der Waals surface area contributed by atoms with Crippen LogP contribution in [0, 0.1) is 0 Å². The predicted molar refractivity (Wildman–Crippen MR) is 57.9 cm³/mol. The number of hydrogen-bond donors (Lipinski definition) is 2. The number of nitrogen functional groups attached to an aromatic ring is 1. The number of rotatable bonds is 5. The van der Waals surface area contributed by atoms with Crippen LogP contribution in [0.5, 0.6) is 0 Å². The summed E-state index contributed by atoms with van der Waals surface area (Å²) in [6.07, 6.45) is 0. The van der Waals surface area contributed by atoms with Gasteiger partial charge in [-0.3, -0.25) is 0 Å². The number of anilines is 1. The number of nitrogens with one attached hydrogen (secondary N) is 1. The Morgan fingerprint density at radius 3 is 2.73 bits per heavy atom. The van der Waals surface area contributed by atoms with Crippen molar-refractivity contribution in [2.45, 2.75) is 13.2 Å². The van der Waals surface area contributed by atoms with Gasteiger partial charge in [0.2, 0.25) is 0 Å². The number of nitrogens with zero attached hydrogens (tertiary/aromatic N) is 3. The van der Waals surface area contributed by atoms with Crippen molar-refractivity contribution in [3.05, 3.63) is 17.6 Å². The van der Waals surface area contributed by atoms with E-state index in [1.807, 2.05) is 19.0 Å². The van der Waals surface area contributed by atoms with Gasteiger partial charge in [0, 0.05) is 13.2 Å². The Kier molecular flexibility index (Phi) is 4.41. The fourth-order valence-electron chi connectivity index (χ4n) is 1.20. The zero-order valence-corrected chi connectivity index (χ0v) is 9.32. The van der Waals surface area contributed by atoms with Gasteiger partial charge in [-0.25, -0.2) is 15.8 Å². The molecule has 15 heavy (non-hydrogen) atoms. The molecule has 0 bridgehead atoms. The van der Waals surface area contributed by atoms with E-state index in [4.69, 9.17) is 10.6 Å². The van der Waals surface area contributed by atoms with Crippen molar-refractivity contribution < 1.29 is 4.74 Å². The Morgan fingerprint density at radius 1 is 1.47 bits per heavy atom. The Balaban J connectivity index is 2.89. The summed E-state index contributed by atoms with van der Waals surface area (Å²) in [5, 5.41) is 0. The molecule has 1 aromatic heterocycles. The molecule has 0 saturated heterocycles. The first-order valence-electron chi connectivity index (χ1n) is 4.63. The summed E-state index contributed by atoms with van der Waals surface area (Å²) in [7, 11) is 5.55. The molecule has 1 rings (SSSR count). The molecule has 0 aliphatic heterocycles. The number of methoxy groups -OCH3 is 1. The van der Waals surface area contributed by atoms with Crippen LogP contribution in [0.15, 0.2) is 6.07 Å². The molecule has 0 aliphatic rings. The zero-order chi connectivity index (χ0) is 11.3. The van der Waals surface area contributed by atoms with Crippen LogP contribution in [0.1, 0.15) is 11.5 Å². The molecule has 0 amide bonds. The van der Waals surface area contributed by atoms with E-state index in [2.05, 4.69) is 15.4 Å².